The second kappa shape index (κ2) is 8.77. The van der Waals surface area contributed by atoms with Crippen LogP contribution in [0.3, 0.4) is 0 Å². The molecule has 3 aromatic heterocycles. The zero-order valence-corrected chi connectivity index (χ0v) is 18.3. The second-order valence-electron chi connectivity index (χ2n) is 7.46. The van der Waals surface area contributed by atoms with Gasteiger partial charge in [-0.25, -0.2) is 9.97 Å². The van der Waals surface area contributed by atoms with Crippen molar-refractivity contribution in [1.82, 2.24) is 19.9 Å². The van der Waals surface area contributed by atoms with E-state index in [9.17, 15) is 10.2 Å². The van der Waals surface area contributed by atoms with Crippen molar-refractivity contribution in [1.29, 1.82) is 0 Å². The van der Waals surface area contributed by atoms with Gasteiger partial charge in [0.05, 0.1) is 11.4 Å². The highest BCUT2D eigenvalue weighted by Gasteiger charge is 2.38. The van der Waals surface area contributed by atoms with Gasteiger partial charge >= 0.3 is 0 Å². The van der Waals surface area contributed by atoms with Gasteiger partial charge in [-0.05, 0) is 44.2 Å². The van der Waals surface area contributed by atoms with E-state index in [1.165, 1.54) is 11.3 Å². The fourth-order valence-electron chi connectivity index (χ4n) is 3.56. The van der Waals surface area contributed by atoms with Crippen LogP contribution < -0.4 is 11.1 Å². The molecule has 3 heterocycles. The number of aliphatic hydroxyl groups excluding tert-OH is 1. The highest BCUT2D eigenvalue weighted by molar-refractivity contribution is 7.13. The summed E-state index contributed by atoms with van der Waals surface area (Å²) in [6.45, 7) is 1.89. The number of aryl methyl sites for hydroxylation is 1. The Balaban J connectivity index is 1.65. The normalized spacial score (nSPS) is 20.3. The molecule has 1 aliphatic carbocycles. The molecule has 0 aliphatic heterocycles. The third-order valence-electron chi connectivity index (χ3n) is 5.14. The lowest BCUT2D eigenvalue weighted by Gasteiger charge is -2.25. The third-order valence-corrected chi connectivity index (χ3v) is 6.21. The van der Waals surface area contributed by atoms with Crippen molar-refractivity contribution in [2.24, 2.45) is 5.92 Å². The van der Waals surface area contributed by atoms with E-state index in [0.29, 0.717) is 24.8 Å². The van der Waals surface area contributed by atoms with Crippen LogP contribution in [0.2, 0.25) is 5.15 Å². The van der Waals surface area contributed by atoms with E-state index in [-0.39, 0.29) is 29.4 Å². The largest absolute Gasteiger partial charge is 0.396 e. The summed E-state index contributed by atoms with van der Waals surface area (Å²) in [5, 5.41) is 26.1. The van der Waals surface area contributed by atoms with Crippen LogP contribution in [0.1, 0.15) is 36.1 Å². The van der Waals surface area contributed by atoms with Gasteiger partial charge in [0, 0.05) is 23.7 Å². The molecular formula is C21H21ClN6O2S. The molecular weight excluding hydrogens is 436 g/mol. The molecule has 8 nitrogen and oxygen atoms in total. The second-order valence-corrected chi connectivity index (χ2v) is 8.71. The average Bonchev–Trinajstić information content (AvgIpc) is 3.38. The molecule has 2 unspecified atom stereocenters. The van der Waals surface area contributed by atoms with E-state index in [4.69, 9.17) is 17.3 Å². The van der Waals surface area contributed by atoms with E-state index in [1.54, 1.807) is 6.20 Å². The molecule has 2 atom stereocenters. The first-order chi connectivity index (χ1) is 14.9. The van der Waals surface area contributed by atoms with Crippen LogP contribution in [0.5, 0.6) is 0 Å². The minimum absolute atomic E-state index is 0.0202. The first-order valence-corrected chi connectivity index (χ1v) is 11.0. The number of halogens is 1. The van der Waals surface area contributed by atoms with Gasteiger partial charge in [0.15, 0.2) is 11.0 Å². The van der Waals surface area contributed by atoms with Gasteiger partial charge < -0.3 is 21.3 Å². The van der Waals surface area contributed by atoms with E-state index in [1.807, 2.05) is 24.4 Å². The van der Waals surface area contributed by atoms with Crippen LogP contribution in [0.25, 0.3) is 10.7 Å². The number of aliphatic hydroxyl groups is 2. The number of nitrogens with one attached hydrogen (secondary N) is 1. The summed E-state index contributed by atoms with van der Waals surface area (Å²) in [4.78, 5) is 17.0. The first-order valence-electron chi connectivity index (χ1n) is 9.71. The SMILES string of the molecule is Cc1nc(-c2nccs2)ccc1C#Cc1c(Cl)nc(N)nc1NC1(O)CCC(CO)C1. The van der Waals surface area contributed by atoms with Crippen molar-refractivity contribution < 1.29 is 10.2 Å². The molecule has 1 aliphatic rings. The van der Waals surface area contributed by atoms with E-state index < -0.39 is 5.72 Å². The van der Waals surface area contributed by atoms with E-state index >= 15 is 0 Å². The Morgan fingerprint density at radius 1 is 1.32 bits per heavy atom. The van der Waals surface area contributed by atoms with Crippen LogP contribution in [0.4, 0.5) is 11.8 Å². The molecule has 10 heteroatoms. The number of hydrogen-bond donors (Lipinski definition) is 4. The molecule has 4 rings (SSSR count). The fraction of sp³-hybridized carbons (Fsp3) is 0.333. The Hall–Kier alpha value is -2.77. The highest BCUT2D eigenvalue weighted by atomic mass is 35.5. The lowest BCUT2D eigenvalue weighted by Crippen LogP contribution is -2.36. The minimum Gasteiger partial charge on any atom is -0.396 e. The van der Waals surface area contributed by atoms with E-state index in [2.05, 4.69) is 37.1 Å². The molecule has 0 bridgehead atoms. The van der Waals surface area contributed by atoms with Crippen LogP contribution in [-0.2, 0) is 0 Å². The lowest BCUT2D eigenvalue weighted by atomic mass is 10.1. The minimum atomic E-state index is -1.22. The number of nitrogen functional groups attached to an aromatic ring is 1. The molecule has 160 valence electrons. The predicted octanol–water partition coefficient (Wildman–Crippen LogP) is 2.83. The summed E-state index contributed by atoms with van der Waals surface area (Å²) in [5.41, 5.74) is 7.14. The van der Waals surface area contributed by atoms with E-state index in [0.717, 1.165) is 22.0 Å². The topological polar surface area (TPSA) is 130 Å². The smallest absolute Gasteiger partial charge is 0.223 e. The van der Waals surface area contributed by atoms with Gasteiger partial charge in [0.1, 0.15) is 16.3 Å². The van der Waals surface area contributed by atoms with Gasteiger partial charge in [-0.2, -0.15) is 9.97 Å². The van der Waals surface area contributed by atoms with Gasteiger partial charge in [0.2, 0.25) is 5.95 Å². The van der Waals surface area contributed by atoms with Crippen LogP contribution in [0, 0.1) is 24.7 Å². The summed E-state index contributed by atoms with van der Waals surface area (Å²) >= 11 is 7.82. The molecule has 0 amide bonds. The molecule has 1 fully saturated rings. The number of pyridine rings is 1. The van der Waals surface area contributed by atoms with Gasteiger partial charge in [-0.15, -0.1) is 11.3 Å². The monoisotopic (exact) mass is 456 g/mol. The molecule has 31 heavy (non-hydrogen) atoms. The molecule has 3 aromatic rings. The fourth-order valence-corrected chi connectivity index (χ4v) is 4.39. The van der Waals surface area contributed by atoms with Gasteiger partial charge in [0.25, 0.3) is 0 Å². The first kappa shape index (κ1) is 21.5. The van der Waals surface area contributed by atoms with Crippen molar-refractivity contribution in [3.05, 3.63) is 45.7 Å². The zero-order valence-electron chi connectivity index (χ0n) is 16.8. The Labute approximate surface area is 188 Å². The molecule has 0 saturated heterocycles. The standard InChI is InChI=1S/C21H21ClN6O2S/c1-12-14(3-5-16(25-12)19-24-8-9-31-19)2-4-15-17(22)26-20(23)27-18(15)28-21(30)7-6-13(10-21)11-29/h3,5,8-9,13,29-30H,6-7,10-11H2,1H3,(H3,23,26,27,28). The summed E-state index contributed by atoms with van der Waals surface area (Å²) in [6.07, 6.45) is 3.29. The molecule has 0 radical (unpaired) electrons. The molecule has 0 spiro atoms. The Bertz CT molecular complexity index is 1160. The Kier molecular flexibility index (Phi) is 6.07. The van der Waals surface area contributed by atoms with Crippen molar-refractivity contribution in [3.8, 4) is 22.5 Å². The summed E-state index contributed by atoms with van der Waals surface area (Å²) < 4.78 is 0. The number of hydrogen-bond acceptors (Lipinski definition) is 9. The Morgan fingerprint density at radius 3 is 2.84 bits per heavy atom. The molecule has 5 N–H and O–H groups in total. The number of anilines is 2. The zero-order chi connectivity index (χ0) is 22.0. The van der Waals surface area contributed by atoms with Crippen LogP contribution in [0.15, 0.2) is 23.7 Å². The maximum Gasteiger partial charge on any atom is 0.223 e. The summed E-state index contributed by atoms with van der Waals surface area (Å²) in [5.74, 6) is 6.32. The maximum atomic E-state index is 10.9. The van der Waals surface area contributed by atoms with Crippen molar-refractivity contribution in [3.63, 3.8) is 0 Å². The maximum absolute atomic E-state index is 10.9. The molecule has 1 saturated carbocycles. The van der Waals surface area contributed by atoms with Gasteiger partial charge in [-0.3, -0.25) is 0 Å². The lowest BCUT2D eigenvalue weighted by molar-refractivity contribution is 0.0682. The highest BCUT2D eigenvalue weighted by Crippen LogP contribution is 2.36. The summed E-state index contributed by atoms with van der Waals surface area (Å²) in [7, 11) is 0. The third kappa shape index (κ3) is 4.78. The number of rotatable bonds is 4. The Morgan fingerprint density at radius 2 is 2.16 bits per heavy atom. The summed E-state index contributed by atoms with van der Waals surface area (Å²) in [6, 6.07) is 3.74. The van der Waals surface area contributed by atoms with Crippen LogP contribution >= 0.6 is 22.9 Å². The van der Waals surface area contributed by atoms with Crippen molar-refractivity contribution in [2.75, 3.05) is 17.7 Å². The van der Waals surface area contributed by atoms with Gasteiger partial charge in [-0.1, -0.05) is 23.4 Å². The number of thiazole rings is 1. The quantitative estimate of drug-likeness (QED) is 0.268. The van der Waals surface area contributed by atoms with Crippen molar-refractivity contribution in [2.45, 2.75) is 31.9 Å². The predicted molar refractivity (Wildman–Crippen MR) is 121 cm³/mol. The number of aromatic nitrogens is 4. The van der Waals surface area contributed by atoms with Crippen LogP contribution in [-0.4, -0.2) is 42.5 Å². The molecule has 0 aromatic carbocycles. The van der Waals surface area contributed by atoms with Crippen molar-refractivity contribution >= 4 is 34.7 Å². The number of nitrogens with zero attached hydrogens (tertiary/aromatic N) is 4. The number of nitrogens with two attached hydrogens (primary N) is 1. The average molecular weight is 457 g/mol.